The molecule has 0 amide bonds. The number of rotatable bonds is 7. The van der Waals surface area contributed by atoms with Crippen LogP contribution in [0.1, 0.15) is 38.7 Å². The SMILES string of the molecule is CC(C)CCCCNCc1cc(F)cc(Br)c1. The first kappa shape index (κ1) is 14.7. The lowest BCUT2D eigenvalue weighted by Gasteiger charge is -2.07. The van der Waals surface area contributed by atoms with Gasteiger partial charge in [0.1, 0.15) is 5.82 Å². The lowest BCUT2D eigenvalue weighted by atomic mass is 10.1. The average molecular weight is 302 g/mol. The van der Waals surface area contributed by atoms with Crippen LogP contribution in [0.4, 0.5) is 4.39 Å². The fraction of sp³-hybridized carbons (Fsp3) is 0.571. The molecule has 3 heteroatoms. The van der Waals surface area contributed by atoms with Gasteiger partial charge in [0.15, 0.2) is 0 Å². The Labute approximate surface area is 112 Å². The lowest BCUT2D eigenvalue weighted by Crippen LogP contribution is -2.14. The molecule has 0 bridgehead atoms. The van der Waals surface area contributed by atoms with Crippen LogP contribution in [-0.4, -0.2) is 6.54 Å². The molecule has 0 atom stereocenters. The number of benzene rings is 1. The highest BCUT2D eigenvalue weighted by Crippen LogP contribution is 2.14. The van der Waals surface area contributed by atoms with E-state index in [0.29, 0.717) is 0 Å². The van der Waals surface area contributed by atoms with Crippen LogP contribution in [0.25, 0.3) is 0 Å². The van der Waals surface area contributed by atoms with E-state index in [1.165, 1.54) is 25.3 Å². The monoisotopic (exact) mass is 301 g/mol. The van der Waals surface area contributed by atoms with Crippen molar-refractivity contribution >= 4 is 15.9 Å². The van der Waals surface area contributed by atoms with Crippen LogP contribution in [0.2, 0.25) is 0 Å². The molecule has 96 valence electrons. The fourth-order valence-corrected chi connectivity index (χ4v) is 2.26. The molecule has 0 saturated heterocycles. The van der Waals surface area contributed by atoms with Crippen LogP contribution in [0.15, 0.2) is 22.7 Å². The van der Waals surface area contributed by atoms with Gasteiger partial charge >= 0.3 is 0 Å². The molecule has 0 aliphatic carbocycles. The molecule has 0 fully saturated rings. The average Bonchev–Trinajstić information content (AvgIpc) is 2.21. The normalized spacial score (nSPS) is 11.1. The first-order chi connectivity index (χ1) is 8.08. The van der Waals surface area contributed by atoms with E-state index in [4.69, 9.17) is 0 Å². The molecule has 0 unspecified atom stereocenters. The van der Waals surface area contributed by atoms with E-state index in [1.54, 1.807) is 6.07 Å². The van der Waals surface area contributed by atoms with Crippen molar-refractivity contribution in [2.75, 3.05) is 6.54 Å². The van der Waals surface area contributed by atoms with Gasteiger partial charge in [-0.15, -0.1) is 0 Å². The second kappa shape index (κ2) is 7.83. The summed E-state index contributed by atoms with van der Waals surface area (Å²) >= 11 is 3.29. The Bertz CT molecular complexity index is 319. The Morgan fingerprint density at radius 3 is 2.65 bits per heavy atom. The fourth-order valence-electron chi connectivity index (χ4n) is 1.75. The van der Waals surface area contributed by atoms with Crippen LogP contribution in [0, 0.1) is 11.7 Å². The number of halogens is 2. The van der Waals surface area contributed by atoms with E-state index >= 15 is 0 Å². The Kier molecular flexibility index (Phi) is 6.75. The molecule has 0 saturated carbocycles. The Balaban J connectivity index is 2.18. The van der Waals surface area contributed by atoms with E-state index < -0.39 is 0 Å². The highest BCUT2D eigenvalue weighted by atomic mass is 79.9. The Morgan fingerprint density at radius 2 is 2.00 bits per heavy atom. The molecule has 1 N–H and O–H groups in total. The molecule has 1 aromatic rings. The summed E-state index contributed by atoms with van der Waals surface area (Å²) < 4.78 is 13.9. The summed E-state index contributed by atoms with van der Waals surface area (Å²) in [5.41, 5.74) is 0.987. The first-order valence-electron chi connectivity index (χ1n) is 6.23. The number of nitrogens with one attached hydrogen (secondary N) is 1. The number of hydrogen-bond donors (Lipinski definition) is 1. The largest absolute Gasteiger partial charge is 0.313 e. The van der Waals surface area contributed by atoms with E-state index in [9.17, 15) is 4.39 Å². The smallest absolute Gasteiger partial charge is 0.124 e. The van der Waals surface area contributed by atoms with Crippen molar-refractivity contribution < 1.29 is 4.39 Å². The maximum Gasteiger partial charge on any atom is 0.124 e. The zero-order valence-corrected chi connectivity index (χ0v) is 12.2. The van der Waals surface area contributed by atoms with Crippen molar-refractivity contribution in [1.82, 2.24) is 5.32 Å². The minimum Gasteiger partial charge on any atom is -0.313 e. The summed E-state index contributed by atoms with van der Waals surface area (Å²) in [4.78, 5) is 0. The van der Waals surface area contributed by atoms with Crippen LogP contribution < -0.4 is 5.32 Å². The molecule has 0 spiro atoms. The first-order valence-corrected chi connectivity index (χ1v) is 7.03. The third-order valence-electron chi connectivity index (χ3n) is 2.64. The summed E-state index contributed by atoms with van der Waals surface area (Å²) in [6.07, 6.45) is 3.74. The van der Waals surface area contributed by atoms with Crippen LogP contribution in [0.5, 0.6) is 0 Å². The number of unbranched alkanes of at least 4 members (excludes halogenated alkanes) is 1. The van der Waals surface area contributed by atoms with Crippen LogP contribution in [-0.2, 0) is 6.54 Å². The number of hydrogen-bond acceptors (Lipinski definition) is 1. The molecule has 0 heterocycles. The molecule has 0 aliphatic heterocycles. The van der Waals surface area contributed by atoms with Gasteiger partial charge < -0.3 is 5.32 Å². The van der Waals surface area contributed by atoms with Crippen molar-refractivity contribution in [3.8, 4) is 0 Å². The van der Waals surface area contributed by atoms with Gasteiger partial charge in [-0.25, -0.2) is 4.39 Å². The van der Waals surface area contributed by atoms with Crippen molar-refractivity contribution in [3.05, 3.63) is 34.1 Å². The van der Waals surface area contributed by atoms with Gasteiger partial charge in [0.2, 0.25) is 0 Å². The summed E-state index contributed by atoms with van der Waals surface area (Å²) in [6, 6.07) is 5.00. The molecular weight excluding hydrogens is 281 g/mol. The molecule has 0 radical (unpaired) electrons. The Hall–Kier alpha value is -0.410. The summed E-state index contributed by atoms with van der Waals surface area (Å²) in [7, 11) is 0. The van der Waals surface area contributed by atoms with Gasteiger partial charge in [0.05, 0.1) is 0 Å². The van der Waals surface area contributed by atoms with Crippen molar-refractivity contribution in [3.63, 3.8) is 0 Å². The summed E-state index contributed by atoms with van der Waals surface area (Å²) in [5.74, 6) is 0.602. The highest BCUT2D eigenvalue weighted by molar-refractivity contribution is 9.10. The van der Waals surface area contributed by atoms with Gasteiger partial charge in [-0.2, -0.15) is 0 Å². The predicted molar refractivity (Wildman–Crippen MR) is 74.5 cm³/mol. The zero-order valence-electron chi connectivity index (χ0n) is 10.6. The lowest BCUT2D eigenvalue weighted by molar-refractivity contribution is 0.520. The van der Waals surface area contributed by atoms with E-state index in [1.807, 2.05) is 6.07 Å². The van der Waals surface area contributed by atoms with Crippen molar-refractivity contribution in [1.29, 1.82) is 0 Å². The standard InChI is InChI=1S/C14H21BrFN/c1-11(2)5-3-4-6-17-10-12-7-13(15)9-14(16)8-12/h7-9,11,17H,3-6,10H2,1-2H3. The molecule has 0 aromatic heterocycles. The van der Waals surface area contributed by atoms with E-state index in [2.05, 4.69) is 35.1 Å². The van der Waals surface area contributed by atoms with E-state index in [0.717, 1.165) is 29.0 Å². The topological polar surface area (TPSA) is 12.0 Å². The zero-order chi connectivity index (χ0) is 12.7. The van der Waals surface area contributed by atoms with Crippen molar-refractivity contribution in [2.45, 2.75) is 39.7 Å². The third-order valence-corrected chi connectivity index (χ3v) is 3.09. The minimum absolute atomic E-state index is 0.184. The van der Waals surface area contributed by atoms with Crippen molar-refractivity contribution in [2.24, 2.45) is 5.92 Å². The quantitative estimate of drug-likeness (QED) is 0.731. The molecule has 1 nitrogen and oxygen atoms in total. The Morgan fingerprint density at radius 1 is 1.24 bits per heavy atom. The van der Waals surface area contributed by atoms with Gasteiger partial charge in [-0.1, -0.05) is 42.6 Å². The second-order valence-corrected chi connectivity index (χ2v) is 5.76. The maximum absolute atomic E-state index is 13.1. The molecule has 1 aromatic carbocycles. The molecular formula is C14H21BrFN. The van der Waals surface area contributed by atoms with E-state index in [-0.39, 0.29) is 5.82 Å². The maximum atomic E-state index is 13.1. The van der Waals surface area contributed by atoms with Crippen LogP contribution in [0.3, 0.4) is 0 Å². The van der Waals surface area contributed by atoms with Crippen LogP contribution >= 0.6 is 15.9 Å². The van der Waals surface area contributed by atoms with Gasteiger partial charge in [0, 0.05) is 11.0 Å². The summed E-state index contributed by atoms with van der Waals surface area (Å²) in [5, 5.41) is 3.34. The molecule has 0 aliphatic rings. The van der Waals surface area contributed by atoms with Gasteiger partial charge in [-0.05, 0) is 42.6 Å². The molecule has 17 heavy (non-hydrogen) atoms. The molecule has 1 rings (SSSR count). The highest BCUT2D eigenvalue weighted by Gasteiger charge is 1.99. The second-order valence-electron chi connectivity index (χ2n) is 4.84. The van der Waals surface area contributed by atoms with Gasteiger partial charge in [0.25, 0.3) is 0 Å². The summed E-state index contributed by atoms with van der Waals surface area (Å²) in [6.45, 7) is 6.23. The third kappa shape index (κ3) is 6.79. The van der Waals surface area contributed by atoms with Gasteiger partial charge in [-0.3, -0.25) is 0 Å². The minimum atomic E-state index is -0.184. The predicted octanol–water partition coefficient (Wildman–Crippen LogP) is 4.50.